The van der Waals surface area contributed by atoms with Gasteiger partial charge >= 0.3 is 0 Å². The highest BCUT2D eigenvalue weighted by Gasteiger charge is 2.25. The van der Waals surface area contributed by atoms with Gasteiger partial charge in [-0.05, 0) is 38.4 Å². The first-order valence-corrected chi connectivity index (χ1v) is 6.48. The summed E-state index contributed by atoms with van der Waals surface area (Å²) in [5.74, 6) is -0.117. The second-order valence-corrected chi connectivity index (χ2v) is 4.91. The minimum absolute atomic E-state index is 0. The van der Waals surface area contributed by atoms with Crippen LogP contribution in [0.5, 0.6) is 5.75 Å². The maximum atomic E-state index is 13.6. The molecule has 0 unspecified atom stereocenters. The largest absolute Gasteiger partial charge is 0.497 e. The van der Waals surface area contributed by atoms with Gasteiger partial charge in [0.25, 0.3) is 0 Å². The average molecular weight is 303 g/mol. The van der Waals surface area contributed by atoms with E-state index in [0.29, 0.717) is 11.8 Å². The number of halogens is 2. The minimum Gasteiger partial charge on any atom is -0.497 e. The first-order valence-electron chi connectivity index (χ1n) is 6.48. The van der Waals surface area contributed by atoms with Crippen LogP contribution >= 0.6 is 12.4 Å². The first-order chi connectivity index (χ1) is 9.10. The fraction of sp³-hybridized carbons (Fsp3) is 0.500. The predicted molar refractivity (Wildman–Crippen MR) is 79.0 cm³/mol. The van der Waals surface area contributed by atoms with Gasteiger partial charge in [0.05, 0.1) is 12.8 Å². The highest BCUT2D eigenvalue weighted by molar-refractivity contribution is 5.93. The summed E-state index contributed by atoms with van der Waals surface area (Å²) in [6.07, 6.45) is 1.55. The molecule has 6 heteroatoms. The topological polar surface area (TPSA) is 50.4 Å². The van der Waals surface area contributed by atoms with Crippen molar-refractivity contribution in [3.63, 3.8) is 0 Å². The molecule has 0 aliphatic carbocycles. The number of carbonyl (C=O) groups excluding carboxylic acids is 1. The van der Waals surface area contributed by atoms with Gasteiger partial charge in [-0.15, -0.1) is 12.4 Å². The molecular formula is C14H20ClFN2O2. The van der Waals surface area contributed by atoms with Crippen LogP contribution in [0.15, 0.2) is 18.2 Å². The quantitative estimate of drug-likeness (QED) is 0.902. The van der Waals surface area contributed by atoms with Gasteiger partial charge in [-0.3, -0.25) is 4.79 Å². The lowest BCUT2D eigenvalue weighted by Crippen LogP contribution is -2.40. The summed E-state index contributed by atoms with van der Waals surface area (Å²) in [6.45, 7) is 2.87. The summed E-state index contributed by atoms with van der Waals surface area (Å²) in [4.78, 5) is 12.1. The summed E-state index contributed by atoms with van der Waals surface area (Å²) in [7, 11) is 1.51. The Morgan fingerprint density at radius 1 is 1.50 bits per heavy atom. The van der Waals surface area contributed by atoms with Crippen LogP contribution in [0.2, 0.25) is 0 Å². The second kappa shape index (κ2) is 7.45. The molecule has 2 N–H and O–H groups in total. The van der Waals surface area contributed by atoms with Crippen LogP contribution in [0.3, 0.4) is 0 Å². The highest BCUT2D eigenvalue weighted by Crippen LogP contribution is 2.23. The molecule has 0 radical (unpaired) electrons. The molecule has 1 heterocycles. The second-order valence-electron chi connectivity index (χ2n) is 4.91. The molecule has 1 amide bonds. The summed E-state index contributed by atoms with van der Waals surface area (Å²) in [6, 6.07) is 4.63. The molecule has 4 nitrogen and oxygen atoms in total. The number of ether oxygens (including phenoxy) is 1. The van der Waals surface area contributed by atoms with E-state index in [2.05, 4.69) is 10.6 Å². The summed E-state index contributed by atoms with van der Waals surface area (Å²) >= 11 is 0. The molecule has 1 aliphatic rings. The third-order valence-corrected chi connectivity index (χ3v) is 3.43. The van der Waals surface area contributed by atoms with Crippen molar-refractivity contribution in [1.82, 2.24) is 5.32 Å². The van der Waals surface area contributed by atoms with Gasteiger partial charge in [-0.1, -0.05) is 0 Å². The summed E-state index contributed by atoms with van der Waals surface area (Å²) in [5.41, 5.74) is 0.176. The van der Waals surface area contributed by atoms with Crippen molar-refractivity contribution < 1.29 is 13.9 Å². The van der Waals surface area contributed by atoms with Gasteiger partial charge < -0.3 is 15.4 Å². The molecule has 0 spiro atoms. The molecule has 2 atom stereocenters. The van der Waals surface area contributed by atoms with Crippen molar-refractivity contribution in [2.75, 3.05) is 19.0 Å². The number of amides is 1. The van der Waals surface area contributed by atoms with Crippen molar-refractivity contribution in [3.05, 3.63) is 24.0 Å². The zero-order chi connectivity index (χ0) is 13.8. The Kier molecular flexibility index (Phi) is 6.23. The van der Waals surface area contributed by atoms with Crippen LogP contribution in [0.1, 0.15) is 19.8 Å². The number of rotatable bonds is 3. The Balaban J connectivity index is 0.00000200. The molecule has 2 rings (SSSR count). The monoisotopic (exact) mass is 302 g/mol. The van der Waals surface area contributed by atoms with Crippen LogP contribution in [0.25, 0.3) is 0 Å². The number of hydrogen-bond donors (Lipinski definition) is 2. The molecule has 0 bridgehead atoms. The van der Waals surface area contributed by atoms with Gasteiger partial charge in [0.2, 0.25) is 5.91 Å². The average Bonchev–Trinajstić information content (AvgIpc) is 2.41. The molecule has 112 valence electrons. The Hall–Kier alpha value is -1.33. The number of nitrogens with one attached hydrogen (secondary N) is 2. The third-order valence-electron chi connectivity index (χ3n) is 3.43. The van der Waals surface area contributed by atoms with Gasteiger partial charge in [-0.25, -0.2) is 4.39 Å². The number of methoxy groups -OCH3 is 1. The van der Waals surface area contributed by atoms with Crippen molar-refractivity contribution in [2.24, 2.45) is 5.92 Å². The van der Waals surface area contributed by atoms with E-state index in [-0.39, 0.29) is 29.9 Å². The Morgan fingerprint density at radius 2 is 2.25 bits per heavy atom. The predicted octanol–water partition coefficient (Wildman–Crippen LogP) is 2.58. The van der Waals surface area contributed by atoms with Crippen LogP contribution in [-0.4, -0.2) is 25.6 Å². The van der Waals surface area contributed by atoms with Gasteiger partial charge in [-0.2, -0.15) is 0 Å². The lowest BCUT2D eigenvalue weighted by atomic mass is 9.92. The molecule has 0 saturated carbocycles. The van der Waals surface area contributed by atoms with E-state index in [1.807, 2.05) is 6.92 Å². The zero-order valence-corrected chi connectivity index (χ0v) is 12.4. The zero-order valence-electron chi connectivity index (χ0n) is 11.6. The standard InChI is InChI=1S/C14H19FN2O2.ClH/c1-9-7-10(5-6-16-9)14(18)17-13-8-11(19-2)3-4-12(13)15;/h3-4,8-10,16H,5-7H2,1-2H3,(H,17,18);1H/t9-,10-;/m0./s1. The number of carbonyl (C=O) groups is 1. The minimum atomic E-state index is -0.448. The summed E-state index contributed by atoms with van der Waals surface area (Å²) in [5, 5.41) is 5.94. The van der Waals surface area contributed by atoms with E-state index in [4.69, 9.17) is 4.74 Å². The van der Waals surface area contributed by atoms with Gasteiger partial charge in [0.1, 0.15) is 11.6 Å². The number of benzene rings is 1. The molecular weight excluding hydrogens is 283 g/mol. The number of hydrogen-bond acceptors (Lipinski definition) is 3. The van der Waals surface area contributed by atoms with Crippen molar-refractivity contribution in [1.29, 1.82) is 0 Å². The Morgan fingerprint density at radius 3 is 2.90 bits per heavy atom. The lowest BCUT2D eigenvalue weighted by molar-refractivity contribution is -0.120. The van der Waals surface area contributed by atoms with E-state index in [9.17, 15) is 9.18 Å². The van der Waals surface area contributed by atoms with Crippen molar-refractivity contribution in [3.8, 4) is 5.75 Å². The van der Waals surface area contributed by atoms with E-state index >= 15 is 0 Å². The Bertz CT molecular complexity index is 470. The first kappa shape index (κ1) is 16.7. The van der Waals surface area contributed by atoms with Gasteiger partial charge in [0, 0.05) is 18.0 Å². The van der Waals surface area contributed by atoms with Crippen molar-refractivity contribution in [2.45, 2.75) is 25.8 Å². The van der Waals surface area contributed by atoms with E-state index in [0.717, 1.165) is 19.4 Å². The molecule has 0 aromatic heterocycles. The maximum absolute atomic E-state index is 13.6. The lowest BCUT2D eigenvalue weighted by Gasteiger charge is -2.27. The van der Waals surface area contributed by atoms with E-state index in [1.165, 1.54) is 25.3 Å². The van der Waals surface area contributed by atoms with Crippen LogP contribution in [0, 0.1) is 11.7 Å². The van der Waals surface area contributed by atoms with Crippen LogP contribution < -0.4 is 15.4 Å². The summed E-state index contributed by atoms with van der Waals surface area (Å²) < 4.78 is 18.7. The van der Waals surface area contributed by atoms with Gasteiger partial charge in [0.15, 0.2) is 0 Å². The normalized spacial score (nSPS) is 21.8. The fourth-order valence-corrected chi connectivity index (χ4v) is 2.33. The molecule has 1 saturated heterocycles. The number of anilines is 1. The van der Waals surface area contributed by atoms with E-state index < -0.39 is 5.82 Å². The fourth-order valence-electron chi connectivity index (χ4n) is 2.33. The maximum Gasteiger partial charge on any atom is 0.227 e. The van der Waals surface area contributed by atoms with Crippen molar-refractivity contribution >= 4 is 24.0 Å². The van der Waals surface area contributed by atoms with E-state index in [1.54, 1.807) is 0 Å². The smallest absolute Gasteiger partial charge is 0.227 e. The highest BCUT2D eigenvalue weighted by atomic mass is 35.5. The third kappa shape index (κ3) is 4.08. The SMILES string of the molecule is COc1ccc(F)c(NC(=O)[C@H]2CCN[C@@H](C)C2)c1.Cl. The van der Waals surface area contributed by atoms with Crippen LogP contribution in [0.4, 0.5) is 10.1 Å². The van der Waals surface area contributed by atoms with Crippen LogP contribution in [-0.2, 0) is 4.79 Å². The Labute approximate surface area is 124 Å². The molecule has 20 heavy (non-hydrogen) atoms. The molecule has 1 aromatic rings. The number of piperidine rings is 1. The molecule has 1 fully saturated rings. The molecule has 1 aromatic carbocycles. The molecule has 1 aliphatic heterocycles.